The third-order valence-corrected chi connectivity index (χ3v) is 7.37. The first-order valence-corrected chi connectivity index (χ1v) is 13.1. The second-order valence-corrected chi connectivity index (χ2v) is 9.87. The first-order chi connectivity index (χ1) is 18.4. The highest BCUT2D eigenvalue weighted by Gasteiger charge is 2.41. The number of anilines is 1. The number of hydrogen-bond acceptors (Lipinski definition) is 4. The van der Waals surface area contributed by atoms with Crippen LogP contribution in [0.25, 0.3) is 5.69 Å². The fourth-order valence-corrected chi connectivity index (χ4v) is 5.62. The van der Waals surface area contributed by atoms with Gasteiger partial charge in [0.1, 0.15) is 0 Å². The molecule has 194 valence electrons. The van der Waals surface area contributed by atoms with Crippen LogP contribution in [0.2, 0.25) is 0 Å². The van der Waals surface area contributed by atoms with Gasteiger partial charge in [0.2, 0.25) is 0 Å². The summed E-state index contributed by atoms with van der Waals surface area (Å²) in [5.74, 6) is -0.939. The Balaban J connectivity index is 1.47. The van der Waals surface area contributed by atoms with Crippen LogP contribution in [0.3, 0.4) is 0 Å². The Kier molecular flexibility index (Phi) is 7.42. The van der Waals surface area contributed by atoms with E-state index in [-0.39, 0.29) is 17.6 Å². The molecule has 1 aliphatic rings. The lowest BCUT2D eigenvalue weighted by Crippen LogP contribution is -2.31. The summed E-state index contributed by atoms with van der Waals surface area (Å²) in [5.41, 5.74) is 6.35. The smallest absolute Gasteiger partial charge is 0.335 e. The third kappa shape index (κ3) is 5.13. The van der Waals surface area contributed by atoms with E-state index in [1.54, 1.807) is 18.2 Å². The van der Waals surface area contributed by atoms with Gasteiger partial charge >= 0.3 is 5.97 Å². The molecule has 0 radical (unpaired) electrons. The number of aromatic nitrogens is 2. The van der Waals surface area contributed by atoms with Gasteiger partial charge in [-0.2, -0.15) is 0 Å². The summed E-state index contributed by atoms with van der Waals surface area (Å²) in [6.07, 6.45) is 2.71. The van der Waals surface area contributed by atoms with Crippen LogP contribution in [0, 0.1) is 13.8 Å². The first kappa shape index (κ1) is 25.5. The Hall–Kier alpha value is -4.17. The molecule has 3 N–H and O–H groups in total. The maximum absolute atomic E-state index is 11.6. The number of nitrogens with zero attached hydrogens (tertiary/aromatic N) is 3. The molecule has 0 unspecified atom stereocenters. The van der Waals surface area contributed by atoms with Crippen molar-refractivity contribution in [2.75, 3.05) is 18.4 Å². The number of nitrogens with one attached hydrogen (secondary N) is 2. The van der Waals surface area contributed by atoms with E-state index in [0.29, 0.717) is 5.11 Å². The van der Waals surface area contributed by atoms with Gasteiger partial charge in [-0.05, 0) is 86.6 Å². The van der Waals surface area contributed by atoms with Gasteiger partial charge < -0.3 is 25.2 Å². The van der Waals surface area contributed by atoms with Crippen molar-refractivity contribution in [3.63, 3.8) is 0 Å². The summed E-state index contributed by atoms with van der Waals surface area (Å²) in [7, 11) is 0. The Bertz CT molecular complexity index is 1440. The number of carbonyl (C=O) groups is 1. The Morgan fingerprint density at radius 2 is 1.84 bits per heavy atom. The molecule has 8 heteroatoms. The van der Waals surface area contributed by atoms with E-state index in [9.17, 15) is 9.90 Å². The molecule has 2 atom stereocenters. The zero-order chi connectivity index (χ0) is 26.6. The van der Waals surface area contributed by atoms with Crippen LogP contribution < -0.4 is 10.6 Å². The summed E-state index contributed by atoms with van der Waals surface area (Å²) in [6, 6.07) is 25.2. The van der Waals surface area contributed by atoms with Crippen LogP contribution in [0.5, 0.6) is 0 Å². The van der Waals surface area contributed by atoms with Gasteiger partial charge in [-0.15, -0.1) is 0 Å². The van der Waals surface area contributed by atoms with Crippen LogP contribution in [-0.2, 0) is 0 Å². The van der Waals surface area contributed by atoms with E-state index < -0.39 is 5.97 Å². The lowest BCUT2D eigenvalue weighted by Gasteiger charge is -2.28. The van der Waals surface area contributed by atoms with Gasteiger partial charge in [0.05, 0.1) is 23.3 Å². The molecule has 0 saturated carbocycles. The third-order valence-electron chi connectivity index (χ3n) is 7.02. The molecule has 1 fully saturated rings. The Labute approximate surface area is 228 Å². The zero-order valence-corrected chi connectivity index (χ0v) is 22.3. The fourth-order valence-electron chi connectivity index (χ4n) is 5.29. The highest BCUT2D eigenvalue weighted by Crippen LogP contribution is 2.41. The minimum Gasteiger partial charge on any atom is -0.478 e. The standard InChI is InChI=1S/C30H31N5O2S/c1-20-18-25(21(2)35(20)24-13-8-10-22(19-24)29(36)37)28-27(26-14-6-7-15-32-26)33-30(38)34(28)17-9-16-31-23-11-4-3-5-12-23/h3-8,10-15,18-19,27-28,31H,9,16-17H2,1-2H3,(H,33,38)(H,36,37)/t27-,28-/m1/s1. The number of aryl methyl sites for hydroxylation is 1. The summed E-state index contributed by atoms with van der Waals surface area (Å²) < 4.78 is 2.12. The summed E-state index contributed by atoms with van der Waals surface area (Å²) in [5, 5.41) is 17.3. The number of hydrogen-bond donors (Lipinski definition) is 3. The van der Waals surface area contributed by atoms with Crippen molar-refractivity contribution in [2.24, 2.45) is 0 Å². The Morgan fingerprint density at radius 1 is 1.05 bits per heavy atom. The van der Waals surface area contributed by atoms with Gasteiger partial charge in [-0.3, -0.25) is 4.98 Å². The average Bonchev–Trinajstić information content (AvgIpc) is 3.42. The minimum atomic E-state index is -0.939. The average molecular weight is 526 g/mol. The monoisotopic (exact) mass is 525 g/mol. The number of carboxylic acids is 1. The molecule has 3 heterocycles. The van der Waals surface area contributed by atoms with Gasteiger partial charge in [0.25, 0.3) is 0 Å². The molecule has 0 bridgehead atoms. The summed E-state index contributed by atoms with van der Waals surface area (Å²) in [6.45, 7) is 5.74. The van der Waals surface area contributed by atoms with Crippen molar-refractivity contribution in [2.45, 2.75) is 32.4 Å². The van der Waals surface area contributed by atoms with Gasteiger partial charge in [-0.1, -0.05) is 30.3 Å². The van der Waals surface area contributed by atoms with Crippen molar-refractivity contribution < 1.29 is 9.90 Å². The molecule has 0 aliphatic carbocycles. The lowest BCUT2D eigenvalue weighted by molar-refractivity contribution is 0.0697. The highest BCUT2D eigenvalue weighted by atomic mass is 32.1. The molecule has 2 aromatic carbocycles. The molecule has 1 saturated heterocycles. The van der Waals surface area contributed by atoms with Gasteiger partial charge in [-0.25, -0.2) is 4.79 Å². The number of para-hydroxylation sites is 1. The van der Waals surface area contributed by atoms with E-state index in [1.165, 1.54) is 0 Å². The molecule has 38 heavy (non-hydrogen) atoms. The number of benzene rings is 2. The number of pyridine rings is 1. The van der Waals surface area contributed by atoms with E-state index in [2.05, 4.69) is 57.1 Å². The molecule has 0 amide bonds. The summed E-state index contributed by atoms with van der Waals surface area (Å²) in [4.78, 5) is 18.5. The molecule has 1 aliphatic heterocycles. The number of rotatable bonds is 9. The topological polar surface area (TPSA) is 82.4 Å². The van der Waals surface area contributed by atoms with Crippen LogP contribution in [-0.4, -0.2) is 43.7 Å². The maximum atomic E-state index is 11.6. The first-order valence-electron chi connectivity index (χ1n) is 12.7. The zero-order valence-electron chi connectivity index (χ0n) is 21.5. The predicted octanol–water partition coefficient (Wildman–Crippen LogP) is 5.66. The van der Waals surface area contributed by atoms with Crippen molar-refractivity contribution in [1.82, 2.24) is 19.8 Å². The lowest BCUT2D eigenvalue weighted by atomic mass is 9.96. The van der Waals surface area contributed by atoms with Crippen molar-refractivity contribution in [3.05, 3.63) is 113 Å². The maximum Gasteiger partial charge on any atom is 0.335 e. The molecule has 4 aromatic rings. The van der Waals surface area contributed by atoms with Crippen LogP contribution >= 0.6 is 12.2 Å². The molecular weight excluding hydrogens is 494 g/mol. The van der Waals surface area contributed by atoms with Crippen molar-refractivity contribution in [1.29, 1.82) is 0 Å². The van der Waals surface area contributed by atoms with Crippen LogP contribution in [0.1, 0.15) is 51.5 Å². The van der Waals surface area contributed by atoms with Crippen LogP contribution in [0.15, 0.2) is 85.1 Å². The molecular formula is C30H31N5O2S. The van der Waals surface area contributed by atoms with Gasteiger partial charge in [0.15, 0.2) is 5.11 Å². The minimum absolute atomic E-state index is 0.0586. The largest absolute Gasteiger partial charge is 0.478 e. The SMILES string of the molecule is Cc1cc([C@@H]2[C@@H](c3ccccn3)NC(=S)N2CCCNc2ccccc2)c(C)n1-c1cccc(C(=O)O)c1. The normalized spacial score (nSPS) is 16.9. The number of aromatic carboxylic acids is 1. The van der Waals surface area contributed by atoms with E-state index >= 15 is 0 Å². The summed E-state index contributed by atoms with van der Waals surface area (Å²) >= 11 is 5.85. The second-order valence-electron chi connectivity index (χ2n) is 9.48. The van der Waals surface area contributed by atoms with Gasteiger partial charge in [0, 0.05) is 42.0 Å². The highest BCUT2D eigenvalue weighted by molar-refractivity contribution is 7.80. The van der Waals surface area contributed by atoms with E-state index in [0.717, 1.165) is 53.5 Å². The molecule has 0 spiro atoms. The molecule has 2 aromatic heterocycles. The van der Waals surface area contributed by atoms with E-state index in [1.807, 2.05) is 48.7 Å². The quantitative estimate of drug-likeness (QED) is 0.192. The Morgan fingerprint density at radius 3 is 2.58 bits per heavy atom. The fraction of sp³-hybridized carbons (Fsp3) is 0.233. The van der Waals surface area contributed by atoms with E-state index in [4.69, 9.17) is 12.2 Å². The number of thiocarbonyl (C=S) groups is 1. The molecule has 5 rings (SSSR count). The van der Waals surface area contributed by atoms with Crippen molar-refractivity contribution >= 4 is 29.0 Å². The molecule has 7 nitrogen and oxygen atoms in total. The van der Waals surface area contributed by atoms with Crippen molar-refractivity contribution in [3.8, 4) is 5.69 Å². The van der Waals surface area contributed by atoms with Crippen LogP contribution in [0.4, 0.5) is 5.69 Å². The number of carboxylic acid groups (broad SMARTS) is 1. The second kappa shape index (κ2) is 11.1. The predicted molar refractivity (Wildman–Crippen MR) is 154 cm³/mol.